The first-order chi connectivity index (χ1) is 13.0. The molecule has 1 aliphatic rings. The number of benzene rings is 2. The number of amides is 2. The van der Waals surface area contributed by atoms with Crippen LogP contribution in [-0.2, 0) is 22.8 Å². The molecule has 0 fully saturated rings. The summed E-state index contributed by atoms with van der Waals surface area (Å²) in [5.74, 6) is 0.737. The molecule has 0 radical (unpaired) electrons. The number of sulfone groups is 1. The van der Waals surface area contributed by atoms with Gasteiger partial charge in [0.15, 0.2) is 9.84 Å². The minimum Gasteiger partial charge on any atom is -0.342 e. The van der Waals surface area contributed by atoms with Crippen molar-refractivity contribution in [2.75, 3.05) is 18.8 Å². The maximum Gasteiger partial charge on any atom is 0.317 e. The van der Waals surface area contributed by atoms with Crippen LogP contribution in [0.5, 0.6) is 0 Å². The Labute approximate surface area is 157 Å². The highest BCUT2D eigenvalue weighted by Crippen LogP contribution is 2.22. The molecular weight excluding hydrogens is 364 g/mol. The first kappa shape index (κ1) is 17.5. The van der Waals surface area contributed by atoms with Crippen LogP contribution in [0.3, 0.4) is 0 Å². The van der Waals surface area contributed by atoms with Crippen LogP contribution in [0, 0.1) is 0 Å². The van der Waals surface area contributed by atoms with Gasteiger partial charge in [-0.2, -0.15) is 0 Å². The molecular formula is C19H20N4O3S. The Balaban J connectivity index is 1.40. The lowest BCUT2D eigenvalue weighted by molar-refractivity contribution is 0.199. The second kappa shape index (κ2) is 7.03. The molecule has 0 unspecified atom stereocenters. The average Bonchev–Trinajstić information content (AvgIpc) is 3.02. The number of urea groups is 1. The van der Waals surface area contributed by atoms with Gasteiger partial charge < -0.3 is 15.2 Å². The van der Waals surface area contributed by atoms with Gasteiger partial charge >= 0.3 is 6.03 Å². The van der Waals surface area contributed by atoms with Crippen LogP contribution >= 0.6 is 0 Å². The van der Waals surface area contributed by atoms with E-state index in [0.717, 1.165) is 16.9 Å². The Morgan fingerprint density at radius 3 is 2.78 bits per heavy atom. The molecule has 2 heterocycles. The molecule has 1 aromatic heterocycles. The van der Waals surface area contributed by atoms with E-state index in [1.165, 1.54) is 0 Å². The molecule has 4 rings (SSSR count). The fraction of sp³-hybridized carbons (Fsp3) is 0.263. The third kappa shape index (κ3) is 3.66. The number of carbonyl (C=O) groups is 1. The summed E-state index contributed by atoms with van der Waals surface area (Å²) >= 11 is 0. The number of aromatic amines is 1. The largest absolute Gasteiger partial charge is 0.342 e. The van der Waals surface area contributed by atoms with E-state index >= 15 is 0 Å². The summed E-state index contributed by atoms with van der Waals surface area (Å²) in [7, 11) is -3.36. The van der Waals surface area contributed by atoms with Crippen LogP contribution in [0.15, 0.2) is 53.4 Å². The monoisotopic (exact) mass is 384 g/mol. The van der Waals surface area contributed by atoms with Gasteiger partial charge in [0.05, 0.1) is 21.7 Å². The Kier molecular flexibility index (Phi) is 4.57. The SMILES string of the molecule is O=C(NCCc1nc2ccccc2[nH]1)N1CCS(=O)(=O)c2ccccc2C1. The fourth-order valence-electron chi connectivity index (χ4n) is 3.26. The van der Waals surface area contributed by atoms with Gasteiger partial charge in [-0.05, 0) is 23.8 Å². The summed E-state index contributed by atoms with van der Waals surface area (Å²) in [4.78, 5) is 22.1. The number of imidazole rings is 1. The van der Waals surface area contributed by atoms with Crippen molar-refractivity contribution in [2.24, 2.45) is 0 Å². The summed E-state index contributed by atoms with van der Waals surface area (Å²) in [5, 5.41) is 2.86. The van der Waals surface area contributed by atoms with Crippen LogP contribution < -0.4 is 5.32 Å². The Morgan fingerprint density at radius 2 is 1.93 bits per heavy atom. The van der Waals surface area contributed by atoms with Crippen molar-refractivity contribution in [3.05, 3.63) is 59.9 Å². The molecule has 27 heavy (non-hydrogen) atoms. The predicted octanol–water partition coefficient (Wildman–Crippen LogP) is 2.10. The molecule has 2 N–H and O–H groups in total. The molecule has 0 spiro atoms. The summed E-state index contributed by atoms with van der Waals surface area (Å²) in [5.41, 5.74) is 2.52. The van der Waals surface area contributed by atoms with E-state index < -0.39 is 9.84 Å². The van der Waals surface area contributed by atoms with E-state index in [0.29, 0.717) is 23.4 Å². The number of aromatic nitrogens is 2. The highest BCUT2D eigenvalue weighted by atomic mass is 32.2. The van der Waals surface area contributed by atoms with Crippen LogP contribution in [0.25, 0.3) is 11.0 Å². The average molecular weight is 384 g/mol. The second-order valence-corrected chi connectivity index (χ2v) is 8.61. The first-order valence-corrected chi connectivity index (χ1v) is 10.5. The molecule has 0 saturated carbocycles. The van der Waals surface area contributed by atoms with E-state index in [1.54, 1.807) is 29.2 Å². The van der Waals surface area contributed by atoms with Crippen molar-refractivity contribution < 1.29 is 13.2 Å². The molecule has 8 heteroatoms. The molecule has 2 aromatic carbocycles. The van der Waals surface area contributed by atoms with Crippen molar-refractivity contribution >= 4 is 26.9 Å². The minimum absolute atomic E-state index is 0.0684. The highest BCUT2D eigenvalue weighted by Gasteiger charge is 2.27. The van der Waals surface area contributed by atoms with Gasteiger partial charge in [-0.3, -0.25) is 0 Å². The van der Waals surface area contributed by atoms with E-state index in [4.69, 9.17) is 0 Å². The topological polar surface area (TPSA) is 95.2 Å². The van der Waals surface area contributed by atoms with Crippen LogP contribution in [0.4, 0.5) is 4.79 Å². The number of carbonyl (C=O) groups excluding carboxylic acids is 1. The molecule has 1 aliphatic heterocycles. The van der Waals surface area contributed by atoms with Gasteiger partial charge in [0.25, 0.3) is 0 Å². The van der Waals surface area contributed by atoms with Crippen molar-refractivity contribution in [3.8, 4) is 0 Å². The lowest BCUT2D eigenvalue weighted by atomic mass is 10.2. The van der Waals surface area contributed by atoms with E-state index in [1.807, 2.05) is 24.3 Å². The predicted molar refractivity (Wildman–Crippen MR) is 102 cm³/mol. The number of fused-ring (bicyclic) bond motifs is 2. The Bertz CT molecular complexity index is 1060. The Morgan fingerprint density at radius 1 is 1.15 bits per heavy atom. The van der Waals surface area contributed by atoms with Gasteiger partial charge in [-0.25, -0.2) is 18.2 Å². The van der Waals surface area contributed by atoms with E-state index in [2.05, 4.69) is 15.3 Å². The normalized spacial score (nSPS) is 15.9. The zero-order chi connectivity index (χ0) is 18.9. The third-order valence-corrected chi connectivity index (χ3v) is 6.45. The molecule has 0 aliphatic carbocycles. The smallest absolute Gasteiger partial charge is 0.317 e. The van der Waals surface area contributed by atoms with E-state index in [-0.39, 0.29) is 24.9 Å². The standard InChI is InChI=1S/C19H20N4O3S/c24-19(20-10-9-18-21-15-6-2-3-7-16(15)22-18)23-11-12-27(25,26)17-8-4-1-5-14(17)13-23/h1-8H,9-13H2,(H,20,24)(H,21,22). The number of hydrogen-bond donors (Lipinski definition) is 2. The molecule has 0 bridgehead atoms. The number of nitrogens with zero attached hydrogens (tertiary/aromatic N) is 2. The zero-order valence-corrected chi connectivity index (χ0v) is 15.5. The lowest BCUT2D eigenvalue weighted by Gasteiger charge is -2.20. The molecule has 3 aromatic rings. The molecule has 140 valence electrons. The maximum atomic E-state index is 12.5. The van der Waals surface area contributed by atoms with Gasteiger partial charge in [-0.15, -0.1) is 0 Å². The molecule has 7 nitrogen and oxygen atoms in total. The van der Waals surface area contributed by atoms with Gasteiger partial charge in [-0.1, -0.05) is 30.3 Å². The number of para-hydroxylation sites is 2. The molecule has 0 saturated heterocycles. The number of nitrogens with one attached hydrogen (secondary N) is 2. The van der Waals surface area contributed by atoms with Crippen molar-refractivity contribution in [1.29, 1.82) is 0 Å². The second-order valence-electron chi connectivity index (χ2n) is 6.53. The first-order valence-electron chi connectivity index (χ1n) is 8.80. The van der Waals surface area contributed by atoms with Gasteiger partial charge in [0.2, 0.25) is 0 Å². The zero-order valence-electron chi connectivity index (χ0n) is 14.7. The van der Waals surface area contributed by atoms with Crippen molar-refractivity contribution in [2.45, 2.75) is 17.9 Å². The maximum absolute atomic E-state index is 12.5. The summed E-state index contributed by atoms with van der Waals surface area (Å²) < 4.78 is 24.7. The van der Waals surface area contributed by atoms with E-state index in [9.17, 15) is 13.2 Å². The molecule has 0 atom stereocenters. The van der Waals surface area contributed by atoms with Gasteiger partial charge in [0.1, 0.15) is 5.82 Å². The summed E-state index contributed by atoms with van der Waals surface area (Å²) in [6.07, 6.45) is 0.573. The van der Waals surface area contributed by atoms with Crippen LogP contribution in [0.1, 0.15) is 11.4 Å². The van der Waals surface area contributed by atoms with Crippen molar-refractivity contribution in [1.82, 2.24) is 20.2 Å². The van der Waals surface area contributed by atoms with Crippen molar-refractivity contribution in [3.63, 3.8) is 0 Å². The lowest BCUT2D eigenvalue weighted by Crippen LogP contribution is -2.41. The summed E-state index contributed by atoms with van der Waals surface area (Å²) in [6, 6.07) is 14.4. The Hall–Kier alpha value is -2.87. The quantitative estimate of drug-likeness (QED) is 0.723. The highest BCUT2D eigenvalue weighted by molar-refractivity contribution is 7.91. The van der Waals surface area contributed by atoms with Gasteiger partial charge in [0, 0.05) is 26.1 Å². The van der Waals surface area contributed by atoms with Crippen LogP contribution in [-0.4, -0.2) is 48.2 Å². The summed E-state index contributed by atoms with van der Waals surface area (Å²) in [6.45, 7) is 0.878. The molecule has 2 amide bonds. The van der Waals surface area contributed by atoms with Crippen LogP contribution in [0.2, 0.25) is 0 Å². The number of rotatable bonds is 3. The number of H-pyrrole nitrogens is 1. The third-order valence-electron chi connectivity index (χ3n) is 4.66. The fourth-order valence-corrected chi connectivity index (χ4v) is 4.76. The minimum atomic E-state index is -3.36. The number of hydrogen-bond acceptors (Lipinski definition) is 4.